The van der Waals surface area contributed by atoms with E-state index in [2.05, 4.69) is 65.8 Å². The van der Waals surface area contributed by atoms with Crippen molar-refractivity contribution >= 4 is 16.6 Å². The Morgan fingerprint density at radius 3 is 2.89 bits per heavy atom. The van der Waals surface area contributed by atoms with Gasteiger partial charge in [-0.1, -0.05) is 29.8 Å². The van der Waals surface area contributed by atoms with Crippen molar-refractivity contribution < 1.29 is 0 Å². The molecule has 1 aromatic heterocycles. The highest BCUT2D eigenvalue weighted by atomic mass is 14.9. The maximum absolute atomic E-state index is 3.46. The van der Waals surface area contributed by atoms with Crippen LogP contribution in [0.2, 0.25) is 0 Å². The third-order valence-corrected chi connectivity index (χ3v) is 3.13. The minimum absolute atomic E-state index is 0.859. The Balaban J connectivity index is 1.76. The molecule has 0 radical (unpaired) electrons. The second kappa shape index (κ2) is 4.57. The minimum Gasteiger partial charge on any atom is -0.381 e. The smallest absolute Gasteiger partial charge is 0.0455 e. The molecule has 0 aliphatic carbocycles. The minimum atomic E-state index is 0.859. The van der Waals surface area contributed by atoms with Gasteiger partial charge in [-0.05, 0) is 36.8 Å². The van der Waals surface area contributed by atoms with Crippen LogP contribution in [0.15, 0.2) is 54.7 Å². The van der Waals surface area contributed by atoms with Gasteiger partial charge in [-0.3, -0.25) is 0 Å². The summed E-state index contributed by atoms with van der Waals surface area (Å²) in [5, 5.41) is 4.70. The van der Waals surface area contributed by atoms with Gasteiger partial charge in [0.05, 0.1) is 0 Å². The zero-order valence-electron chi connectivity index (χ0n) is 10.4. The van der Waals surface area contributed by atoms with Crippen molar-refractivity contribution in [2.75, 3.05) is 5.32 Å². The van der Waals surface area contributed by atoms with Crippen molar-refractivity contribution in [2.45, 2.75) is 13.5 Å². The lowest BCUT2D eigenvalue weighted by atomic mass is 10.1. The fraction of sp³-hybridized carbons (Fsp3) is 0.125. The number of aryl methyl sites for hydroxylation is 1. The van der Waals surface area contributed by atoms with Gasteiger partial charge in [0.2, 0.25) is 0 Å². The molecule has 0 spiro atoms. The molecule has 3 aromatic rings. The molecule has 18 heavy (non-hydrogen) atoms. The molecule has 0 bridgehead atoms. The molecule has 2 aromatic carbocycles. The fourth-order valence-electron chi connectivity index (χ4n) is 2.19. The fourth-order valence-corrected chi connectivity index (χ4v) is 2.19. The van der Waals surface area contributed by atoms with E-state index in [1.807, 2.05) is 6.20 Å². The lowest BCUT2D eigenvalue weighted by molar-refractivity contribution is 1.14. The molecule has 0 atom stereocenters. The summed E-state index contributed by atoms with van der Waals surface area (Å²) in [5.74, 6) is 0. The molecule has 0 aliphatic heterocycles. The quantitative estimate of drug-likeness (QED) is 0.704. The molecule has 2 N–H and O–H groups in total. The summed E-state index contributed by atoms with van der Waals surface area (Å²) in [7, 11) is 0. The summed E-state index contributed by atoms with van der Waals surface area (Å²) in [5.41, 5.74) is 4.94. The van der Waals surface area contributed by atoms with Crippen LogP contribution in [-0.4, -0.2) is 4.98 Å². The van der Waals surface area contributed by atoms with Crippen molar-refractivity contribution in [3.05, 3.63) is 65.9 Å². The van der Waals surface area contributed by atoms with Gasteiger partial charge in [-0.15, -0.1) is 0 Å². The third-order valence-electron chi connectivity index (χ3n) is 3.13. The Morgan fingerprint density at radius 2 is 2.00 bits per heavy atom. The van der Waals surface area contributed by atoms with Gasteiger partial charge >= 0.3 is 0 Å². The van der Waals surface area contributed by atoms with E-state index in [-0.39, 0.29) is 0 Å². The molecular formula is C16H16N2. The number of fused-ring (bicyclic) bond motifs is 1. The molecule has 90 valence electrons. The highest BCUT2D eigenvalue weighted by Crippen LogP contribution is 2.18. The first-order valence-corrected chi connectivity index (χ1v) is 6.18. The van der Waals surface area contributed by atoms with Gasteiger partial charge in [0.1, 0.15) is 0 Å². The maximum atomic E-state index is 3.46. The molecule has 1 heterocycles. The second-order valence-corrected chi connectivity index (χ2v) is 4.62. The zero-order valence-corrected chi connectivity index (χ0v) is 10.4. The van der Waals surface area contributed by atoms with Crippen LogP contribution in [0, 0.1) is 6.92 Å². The van der Waals surface area contributed by atoms with Crippen LogP contribution in [-0.2, 0) is 6.54 Å². The first-order chi connectivity index (χ1) is 8.81. The van der Waals surface area contributed by atoms with E-state index in [0.717, 1.165) is 12.2 Å². The number of benzene rings is 2. The van der Waals surface area contributed by atoms with Crippen molar-refractivity contribution in [3.63, 3.8) is 0 Å². The maximum Gasteiger partial charge on any atom is 0.0455 e. The van der Waals surface area contributed by atoms with Crippen LogP contribution in [0.5, 0.6) is 0 Å². The lowest BCUT2D eigenvalue weighted by Gasteiger charge is -2.07. The normalized spacial score (nSPS) is 10.7. The average Bonchev–Trinajstić information content (AvgIpc) is 2.84. The van der Waals surface area contributed by atoms with Crippen LogP contribution in [0.1, 0.15) is 11.1 Å². The molecule has 2 nitrogen and oxygen atoms in total. The van der Waals surface area contributed by atoms with E-state index >= 15 is 0 Å². The standard InChI is InChI=1S/C16H16N2/c1-12-3-2-4-13(9-12)11-18-15-5-6-16-14(10-15)7-8-17-16/h2-10,17-18H,11H2,1H3. The number of nitrogens with one attached hydrogen (secondary N) is 2. The van der Waals surface area contributed by atoms with Crippen molar-refractivity contribution in [1.82, 2.24) is 4.98 Å². The van der Waals surface area contributed by atoms with E-state index in [1.165, 1.54) is 22.0 Å². The summed E-state index contributed by atoms with van der Waals surface area (Å²) in [4.78, 5) is 3.20. The number of aromatic amines is 1. The third kappa shape index (κ3) is 2.23. The van der Waals surface area contributed by atoms with Crippen LogP contribution in [0.3, 0.4) is 0 Å². The predicted molar refractivity (Wildman–Crippen MR) is 76.8 cm³/mol. The summed E-state index contributed by atoms with van der Waals surface area (Å²) < 4.78 is 0. The van der Waals surface area contributed by atoms with E-state index in [0.29, 0.717) is 0 Å². The van der Waals surface area contributed by atoms with Crippen molar-refractivity contribution in [1.29, 1.82) is 0 Å². The van der Waals surface area contributed by atoms with E-state index in [9.17, 15) is 0 Å². The van der Waals surface area contributed by atoms with E-state index in [1.54, 1.807) is 0 Å². The summed E-state index contributed by atoms with van der Waals surface area (Å²) >= 11 is 0. The molecule has 0 fully saturated rings. The highest BCUT2D eigenvalue weighted by molar-refractivity contribution is 5.82. The van der Waals surface area contributed by atoms with Crippen LogP contribution in [0.4, 0.5) is 5.69 Å². The van der Waals surface area contributed by atoms with Crippen molar-refractivity contribution in [2.24, 2.45) is 0 Å². The topological polar surface area (TPSA) is 27.8 Å². The Kier molecular flexibility index (Phi) is 2.77. The van der Waals surface area contributed by atoms with E-state index < -0.39 is 0 Å². The van der Waals surface area contributed by atoms with Gasteiger partial charge in [-0.25, -0.2) is 0 Å². The number of hydrogen-bond acceptors (Lipinski definition) is 1. The van der Waals surface area contributed by atoms with Gasteiger partial charge in [0.25, 0.3) is 0 Å². The number of hydrogen-bond donors (Lipinski definition) is 2. The van der Waals surface area contributed by atoms with Gasteiger partial charge in [0, 0.05) is 29.3 Å². The first kappa shape index (κ1) is 10.9. The number of H-pyrrole nitrogens is 1. The largest absolute Gasteiger partial charge is 0.381 e. The van der Waals surface area contributed by atoms with Crippen LogP contribution in [0.25, 0.3) is 10.9 Å². The van der Waals surface area contributed by atoms with Gasteiger partial charge in [-0.2, -0.15) is 0 Å². The van der Waals surface area contributed by atoms with Crippen LogP contribution >= 0.6 is 0 Å². The molecule has 3 rings (SSSR count). The molecule has 0 saturated heterocycles. The SMILES string of the molecule is Cc1cccc(CNc2ccc3[nH]ccc3c2)c1. The Morgan fingerprint density at radius 1 is 1.06 bits per heavy atom. The highest BCUT2D eigenvalue weighted by Gasteiger charge is 1.97. The summed E-state index contributed by atoms with van der Waals surface area (Å²) in [6, 6.07) is 17.0. The Hall–Kier alpha value is -2.22. The molecule has 0 amide bonds. The van der Waals surface area contributed by atoms with Gasteiger partial charge < -0.3 is 10.3 Å². The monoisotopic (exact) mass is 236 g/mol. The number of aromatic nitrogens is 1. The lowest BCUT2D eigenvalue weighted by Crippen LogP contribution is -1.99. The molecule has 0 aliphatic rings. The summed E-state index contributed by atoms with van der Waals surface area (Å²) in [6.45, 7) is 2.98. The van der Waals surface area contributed by atoms with Crippen LogP contribution < -0.4 is 5.32 Å². The predicted octanol–water partition coefficient (Wildman–Crippen LogP) is 4.09. The molecule has 0 saturated carbocycles. The zero-order chi connectivity index (χ0) is 12.4. The summed E-state index contributed by atoms with van der Waals surface area (Å²) in [6.07, 6.45) is 1.97. The Bertz CT molecular complexity index is 667. The molecule has 2 heteroatoms. The van der Waals surface area contributed by atoms with Gasteiger partial charge in [0.15, 0.2) is 0 Å². The number of rotatable bonds is 3. The molecule has 0 unspecified atom stereocenters. The number of anilines is 1. The first-order valence-electron chi connectivity index (χ1n) is 6.18. The molecular weight excluding hydrogens is 220 g/mol. The van der Waals surface area contributed by atoms with Crippen molar-refractivity contribution in [3.8, 4) is 0 Å². The second-order valence-electron chi connectivity index (χ2n) is 4.62. The van der Waals surface area contributed by atoms with E-state index in [4.69, 9.17) is 0 Å². The average molecular weight is 236 g/mol. The Labute approximate surface area is 107 Å².